The van der Waals surface area contributed by atoms with Gasteiger partial charge in [0.05, 0.1) is 5.60 Å². The Morgan fingerprint density at radius 3 is 2.71 bits per heavy atom. The van der Waals surface area contributed by atoms with Crippen molar-refractivity contribution >= 4 is 5.91 Å². The van der Waals surface area contributed by atoms with E-state index >= 15 is 0 Å². The fourth-order valence-corrected chi connectivity index (χ4v) is 7.40. The standard InChI is InChI=1S/C21H32N4O3/c1-2-25-18(22-23-19(25)27)16-4-3-5-24(12-16)17(26)11-20-7-14-6-15(8-20)10-21(28,9-14)13-20/h14-16,28H,2-13H2,1H3,(H,23,27)/t14-,15+,16-,20?,21?/m0/s1. The highest BCUT2D eigenvalue weighted by Gasteiger charge is 2.57. The molecule has 2 N–H and O–H groups in total. The third-order valence-corrected chi connectivity index (χ3v) is 7.92. The Bertz CT molecular complexity index is 814. The summed E-state index contributed by atoms with van der Waals surface area (Å²) in [7, 11) is 0. The van der Waals surface area contributed by atoms with Crippen LogP contribution in [0.4, 0.5) is 0 Å². The van der Waals surface area contributed by atoms with Crippen molar-refractivity contribution in [2.24, 2.45) is 17.3 Å². The number of hydrogen-bond acceptors (Lipinski definition) is 4. The smallest absolute Gasteiger partial charge is 0.343 e. The molecule has 1 amide bonds. The number of aromatic amines is 1. The molecule has 6 rings (SSSR count). The van der Waals surface area contributed by atoms with Crippen molar-refractivity contribution < 1.29 is 9.90 Å². The number of hydrogen-bond donors (Lipinski definition) is 2. The first kappa shape index (κ1) is 18.4. The highest BCUT2D eigenvalue weighted by Crippen LogP contribution is 2.62. The zero-order valence-corrected chi connectivity index (χ0v) is 16.8. The minimum Gasteiger partial charge on any atom is -0.390 e. The molecule has 5 fully saturated rings. The van der Waals surface area contributed by atoms with E-state index in [4.69, 9.17) is 0 Å². The maximum Gasteiger partial charge on any atom is 0.343 e. The highest BCUT2D eigenvalue weighted by atomic mass is 16.3. The molecule has 2 heterocycles. The van der Waals surface area contributed by atoms with E-state index in [1.165, 1.54) is 6.42 Å². The minimum absolute atomic E-state index is 0.0146. The van der Waals surface area contributed by atoms with Crippen LogP contribution in [0.25, 0.3) is 0 Å². The van der Waals surface area contributed by atoms with Crippen molar-refractivity contribution in [3.8, 4) is 0 Å². The average Bonchev–Trinajstić information content (AvgIpc) is 3.00. The Balaban J connectivity index is 1.30. The number of rotatable bonds is 4. The van der Waals surface area contributed by atoms with Crippen LogP contribution in [0.2, 0.25) is 0 Å². The molecule has 5 atom stereocenters. The summed E-state index contributed by atoms with van der Waals surface area (Å²) in [4.78, 5) is 27.2. The van der Waals surface area contributed by atoms with Crippen molar-refractivity contribution in [2.75, 3.05) is 13.1 Å². The van der Waals surface area contributed by atoms with E-state index in [1.807, 2.05) is 11.8 Å². The molecule has 154 valence electrons. The monoisotopic (exact) mass is 388 g/mol. The van der Waals surface area contributed by atoms with Crippen LogP contribution >= 0.6 is 0 Å². The third-order valence-electron chi connectivity index (χ3n) is 7.92. The predicted molar refractivity (Wildman–Crippen MR) is 104 cm³/mol. The maximum absolute atomic E-state index is 13.3. The van der Waals surface area contributed by atoms with E-state index in [0.29, 0.717) is 31.3 Å². The summed E-state index contributed by atoms with van der Waals surface area (Å²) in [5, 5.41) is 17.8. The van der Waals surface area contributed by atoms with E-state index in [-0.39, 0.29) is 22.9 Å². The number of aromatic nitrogens is 3. The van der Waals surface area contributed by atoms with E-state index in [1.54, 1.807) is 4.57 Å². The van der Waals surface area contributed by atoms with Crippen LogP contribution in [-0.2, 0) is 11.3 Å². The SMILES string of the molecule is CCn1c([C@H]2CCCN(C(=O)CC34C[C@@H]5C[C@@H](CC(O)(C5)C3)C4)C2)n[nH]c1=O. The fraction of sp³-hybridized carbons (Fsp3) is 0.857. The molecule has 0 spiro atoms. The molecule has 28 heavy (non-hydrogen) atoms. The Hall–Kier alpha value is -1.63. The Morgan fingerprint density at radius 2 is 2.04 bits per heavy atom. The topological polar surface area (TPSA) is 91.2 Å². The van der Waals surface area contributed by atoms with Crippen LogP contribution in [0.1, 0.15) is 76.5 Å². The van der Waals surface area contributed by atoms with Gasteiger partial charge in [-0.1, -0.05) is 0 Å². The van der Waals surface area contributed by atoms with Crippen LogP contribution in [0.3, 0.4) is 0 Å². The Morgan fingerprint density at radius 1 is 1.29 bits per heavy atom. The number of nitrogens with zero attached hydrogens (tertiary/aromatic N) is 3. The average molecular weight is 389 g/mol. The third kappa shape index (κ3) is 3.02. The number of aliphatic hydroxyl groups is 1. The van der Waals surface area contributed by atoms with Gasteiger partial charge in [-0.05, 0) is 75.5 Å². The van der Waals surface area contributed by atoms with Gasteiger partial charge in [0.2, 0.25) is 5.91 Å². The lowest BCUT2D eigenvalue weighted by molar-refractivity contribution is -0.172. The predicted octanol–water partition coefficient (Wildman–Crippen LogP) is 2.02. The summed E-state index contributed by atoms with van der Waals surface area (Å²) in [6.45, 7) is 3.99. The number of carbonyl (C=O) groups is 1. The molecule has 0 radical (unpaired) electrons. The van der Waals surface area contributed by atoms with Crippen LogP contribution in [0.15, 0.2) is 4.79 Å². The van der Waals surface area contributed by atoms with Gasteiger partial charge in [-0.15, -0.1) is 0 Å². The summed E-state index contributed by atoms with van der Waals surface area (Å²) < 4.78 is 1.69. The van der Waals surface area contributed by atoms with Gasteiger partial charge in [0.1, 0.15) is 5.82 Å². The lowest BCUT2D eigenvalue weighted by Gasteiger charge is -2.60. The molecule has 1 aliphatic heterocycles. The normalized spacial score (nSPS) is 39.5. The van der Waals surface area contributed by atoms with Crippen LogP contribution < -0.4 is 5.69 Å². The van der Waals surface area contributed by atoms with E-state index in [0.717, 1.165) is 57.3 Å². The van der Waals surface area contributed by atoms with Gasteiger partial charge in [0.25, 0.3) is 0 Å². The van der Waals surface area contributed by atoms with E-state index in [9.17, 15) is 14.7 Å². The summed E-state index contributed by atoms with van der Waals surface area (Å²) in [5.74, 6) is 2.36. The van der Waals surface area contributed by atoms with Gasteiger partial charge in [-0.2, -0.15) is 5.10 Å². The molecule has 2 unspecified atom stereocenters. The maximum atomic E-state index is 13.3. The molecule has 7 heteroatoms. The van der Waals surface area contributed by atoms with Crippen molar-refractivity contribution in [2.45, 2.75) is 82.8 Å². The summed E-state index contributed by atoms with van der Waals surface area (Å²) in [6, 6.07) is 0. The number of amides is 1. The lowest BCUT2D eigenvalue weighted by Crippen LogP contribution is -2.57. The zero-order chi connectivity index (χ0) is 19.5. The summed E-state index contributed by atoms with van der Waals surface area (Å²) >= 11 is 0. The Labute approximate surface area is 165 Å². The second kappa shape index (κ2) is 6.44. The van der Waals surface area contributed by atoms with Crippen LogP contribution in [0, 0.1) is 17.3 Å². The van der Waals surface area contributed by atoms with Gasteiger partial charge in [-0.25, -0.2) is 9.89 Å². The first-order valence-electron chi connectivity index (χ1n) is 11.0. The molecule has 1 aromatic heterocycles. The van der Waals surface area contributed by atoms with E-state index < -0.39 is 5.60 Å². The number of nitrogens with one attached hydrogen (secondary N) is 1. The van der Waals surface area contributed by atoms with Crippen LogP contribution in [-0.4, -0.2) is 49.4 Å². The molecular formula is C21H32N4O3. The quantitative estimate of drug-likeness (QED) is 0.826. The highest BCUT2D eigenvalue weighted by molar-refractivity contribution is 5.77. The lowest BCUT2D eigenvalue weighted by atomic mass is 9.47. The first-order chi connectivity index (χ1) is 13.4. The molecule has 4 aliphatic carbocycles. The molecule has 1 aromatic rings. The van der Waals surface area contributed by atoms with Crippen molar-refractivity contribution in [1.82, 2.24) is 19.7 Å². The van der Waals surface area contributed by atoms with Gasteiger partial charge >= 0.3 is 5.69 Å². The molecule has 4 bridgehead atoms. The van der Waals surface area contributed by atoms with Gasteiger partial charge < -0.3 is 10.0 Å². The van der Waals surface area contributed by atoms with E-state index in [2.05, 4.69) is 10.2 Å². The molecule has 7 nitrogen and oxygen atoms in total. The van der Waals surface area contributed by atoms with Crippen LogP contribution in [0.5, 0.6) is 0 Å². The number of likely N-dealkylation sites (tertiary alicyclic amines) is 1. The first-order valence-corrected chi connectivity index (χ1v) is 11.0. The molecular weight excluding hydrogens is 356 g/mol. The second-order valence-corrected chi connectivity index (χ2v) is 10.2. The fourth-order valence-electron chi connectivity index (χ4n) is 7.40. The molecule has 5 aliphatic rings. The van der Waals surface area contributed by atoms with Gasteiger partial charge in [0.15, 0.2) is 0 Å². The second-order valence-electron chi connectivity index (χ2n) is 10.2. The summed E-state index contributed by atoms with van der Waals surface area (Å²) in [5.41, 5.74) is -0.662. The number of carbonyl (C=O) groups excluding carboxylic acids is 1. The number of H-pyrrole nitrogens is 1. The zero-order valence-electron chi connectivity index (χ0n) is 16.8. The molecule has 1 saturated heterocycles. The van der Waals surface area contributed by atoms with Gasteiger partial charge in [-0.3, -0.25) is 9.36 Å². The van der Waals surface area contributed by atoms with Gasteiger partial charge in [0, 0.05) is 32.0 Å². The largest absolute Gasteiger partial charge is 0.390 e. The molecule has 0 aromatic carbocycles. The minimum atomic E-state index is -0.513. The molecule has 4 saturated carbocycles. The van der Waals surface area contributed by atoms with Crippen molar-refractivity contribution in [1.29, 1.82) is 0 Å². The van der Waals surface area contributed by atoms with Crippen molar-refractivity contribution in [3.05, 3.63) is 16.3 Å². The number of piperidine rings is 1. The summed E-state index contributed by atoms with van der Waals surface area (Å²) in [6.07, 6.45) is 8.66. The van der Waals surface area contributed by atoms with Crippen molar-refractivity contribution in [3.63, 3.8) is 0 Å². The Kier molecular flexibility index (Phi) is 4.23.